The van der Waals surface area contributed by atoms with Crippen molar-refractivity contribution in [3.8, 4) is 0 Å². The van der Waals surface area contributed by atoms with Crippen molar-refractivity contribution in [2.75, 3.05) is 23.4 Å². The Morgan fingerprint density at radius 2 is 1.62 bits per heavy atom. The maximum Gasteiger partial charge on any atom is 0.338 e. The molecular formula is C23H28N2O4. The number of benzene rings is 2. The molecule has 0 saturated heterocycles. The highest BCUT2D eigenvalue weighted by atomic mass is 16.5. The quantitative estimate of drug-likeness (QED) is 0.744. The van der Waals surface area contributed by atoms with Gasteiger partial charge in [0.05, 0.1) is 12.2 Å². The summed E-state index contributed by atoms with van der Waals surface area (Å²) in [4.78, 5) is 38.1. The van der Waals surface area contributed by atoms with Gasteiger partial charge in [-0.05, 0) is 48.2 Å². The molecule has 154 valence electrons. The maximum absolute atomic E-state index is 12.6. The SMILES string of the molecule is CCOC(=O)c1ccc(NC(=O)CN(C(C)=O)c2ccccc2C(C)(C)C)cc1. The lowest BCUT2D eigenvalue weighted by atomic mass is 9.85. The van der Waals surface area contributed by atoms with Crippen LogP contribution >= 0.6 is 0 Å². The molecule has 6 nitrogen and oxygen atoms in total. The first-order valence-corrected chi connectivity index (χ1v) is 9.58. The molecule has 0 unspecified atom stereocenters. The number of amides is 2. The fourth-order valence-corrected chi connectivity index (χ4v) is 2.96. The lowest BCUT2D eigenvalue weighted by Gasteiger charge is -2.29. The van der Waals surface area contributed by atoms with Crippen LogP contribution in [0.1, 0.15) is 50.5 Å². The Balaban J connectivity index is 2.16. The highest BCUT2D eigenvalue weighted by molar-refractivity contribution is 6.02. The third kappa shape index (κ3) is 5.91. The summed E-state index contributed by atoms with van der Waals surface area (Å²) in [5.74, 6) is -0.950. The lowest BCUT2D eigenvalue weighted by Crippen LogP contribution is -2.38. The average molecular weight is 396 g/mol. The summed E-state index contributed by atoms with van der Waals surface area (Å²) in [5.41, 5.74) is 2.48. The predicted octanol–water partition coefficient (Wildman–Crippen LogP) is 4.15. The second kappa shape index (κ2) is 9.37. The lowest BCUT2D eigenvalue weighted by molar-refractivity contribution is -0.120. The van der Waals surface area contributed by atoms with Crippen LogP contribution in [0.5, 0.6) is 0 Å². The minimum Gasteiger partial charge on any atom is -0.462 e. The second-order valence-corrected chi connectivity index (χ2v) is 7.72. The van der Waals surface area contributed by atoms with Crippen molar-refractivity contribution in [1.82, 2.24) is 0 Å². The minimum absolute atomic E-state index is 0.109. The van der Waals surface area contributed by atoms with Crippen LogP contribution in [-0.2, 0) is 19.7 Å². The zero-order valence-corrected chi connectivity index (χ0v) is 17.6. The van der Waals surface area contributed by atoms with E-state index in [1.54, 1.807) is 31.2 Å². The molecule has 0 spiro atoms. The van der Waals surface area contributed by atoms with Gasteiger partial charge in [-0.25, -0.2) is 4.79 Å². The van der Waals surface area contributed by atoms with Gasteiger partial charge < -0.3 is 15.0 Å². The first-order valence-electron chi connectivity index (χ1n) is 9.58. The molecule has 0 saturated carbocycles. The van der Waals surface area contributed by atoms with Crippen LogP contribution in [0.3, 0.4) is 0 Å². The van der Waals surface area contributed by atoms with Gasteiger partial charge in [0.15, 0.2) is 0 Å². The normalized spacial score (nSPS) is 10.9. The molecule has 0 aromatic heterocycles. The number of nitrogens with zero attached hydrogens (tertiary/aromatic N) is 1. The Hall–Kier alpha value is -3.15. The third-order valence-corrected chi connectivity index (χ3v) is 4.36. The Morgan fingerprint density at radius 3 is 2.17 bits per heavy atom. The monoisotopic (exact) mass is 396 g/mol. The smallest absolute Gasteiger partial charge is 0.338 e. The predicted molar refractivity (Wildman–Crippen MR) is 114 cm³/mol. The number of carbonyl (C=O) groups is 3. The molecule has 0 bridgehead atoms. The molecule has 0 aliphatic rings. The molecule has 29 heavy (non-hydrogen) atoms. The molecular weight excluding hydrogens is 368 g/mol. The molecule has 2 rings (SSSR count). The zero-order valence-electron chi connectivity index (χ0n) is 17.6. The topological polar surface area (TPSA) is 75.7 Å². The molecule has 0 atom stereocenters. The molecule has 0 aliphatic carbocycles. The fourth-order valence-electron chi connectivity index (χ4n) is 2.96. The number of esters is 1. The largest absolute Gasteiger partial charge is 0.462 e. The van der Waals surface area contributed by atoms with Crippen LogP contribution in [-0.4, -0.2) is 30.9 Å². The summed E-state index contributed by atoms with van der Waals surface area (Å²) in [5, 5.41) is 2.77. The van der Waals surface area contributed by atoms with E-state index in [0.717, 1.165) is 11.3 Å². The highest BCUT2D eigenvalue weighted by Crippen LogP contribution is 2.32. The van der Waals surface area contributed by atoms with Crippen LogP contribution in [0.2, 0.25) is 0 Å². The van der Waals surface area contributed by atoms with Crippen LogP contribution in [0.25, 0.3) is 0 Å². The molecule has 0 radical (unpaired) electrons. The summed E-state index contributed by atoms with van der Waals surface area (Å²) in [6.45, 7) is 9.57. The van der Waals surface area contributed by atoms with Crippen molar-refractivity contribution in [3.05, 3.63) is 59.7 Å². The number of carbonyl (C=O) groups excluding carboxylic acids is 3. The van der Waals surface area contributed by atoms with E-state index in [0.29, 0.717) is 17.9 Å². The Bertz CT molecular complexity index is 882. The van der Waals surface area contributed by atoms with E-state index in [-0.39, 0.29) is 23.8 Å². The number of anilines is 2. The number of hydrogen-bond acceptors (Lipinski definition) is 4. The van der Waals surface area contributed by atoms with E-state index in [2.05, 4.69) is 26.1 Å². The Morgan fingerprint density at radius 1 is 1.00 bits per heavy atom. The van der Waals surface area contributed by atoms with Gasteiger partial charge in [-0.3, -0.25) is 9.59 Å². The van der Waals surface area contributed by atoms with Crippen molar-refractivity contribution in [2.45, 2.75) is 40.0 Å². The highest BCUT2D eigenvalue weighted by Gasteiger charge is 2.24. The van der Waals surface area contributed by atoms with Crippen LogP contribution in [0.4, 0.5) is 11.4 Å². The first kappa shape index (κ1) is 22.1. The van der Waals surface area contributed by atoms with E-state index in [9.17, 15) is 14.4 Å². The number of rotatable bonds is 6. The number of hydrogen-bond donors (Lipinski definition) is 1. The first-order chi connectivity index (χ1) is 13.6. The maximum atomic E-state index is 12.6. The van der Waals surface area contributed by atoms with Crippen molar-refractivity contribution < 1.29 is 19.1 Å². The Labute approximate surface area is 171 Å². The fraction of sp³-hybridized carbons (Fsp3) is 0.348. The van der Waals surface area contributed by atoms with Crippen molar-refractivity contribution >= 4 is 29.2 Å². The Kier molecular flexibility index (Phi) is 7.15. The van der Waals surface area contributed by atoms with Crippen molar-refractivity contribution in [3.63, 3.8) is 0 Å². The van der Waals surface area contributed by atoms with Crippen molar-refractivity contribution in [2.24, 2.45) is 0 Å². The minimum atomic E-state index is -0.410. The van der Waals surface area contributed by atoms with Gasteiger partial charge in [0.1, 0.15) is 6.54 Å². The molecule has 6 heteroatoms. The van der Waals surface area contributed by atoms with Crippen LogP contribution < -0.4 is 10.2 Å². The summed E-state index contributed by atoms with van der Waals surface area (Å²) in [6.07, 6.45) is 0. The van der Waals surface area contributed by atoms with Crippen LogP contribution in [0, 0.1) is 0 Å². The molecule has 1 N–H and O–H groups in total. The van der Waals surface area contributed by atoms with E-state index in [1.165, 1.54) is 11.8 Å². The van der Waals surface area contributed by atoms with E-state index in [1.807, 2.05) is 24.3 Å². The molecule has 0 aliphatic heterocycles. The summed E-state index contributed by atoms with van der Waals surface area (Å²) < 4.78 is 4.95. The van der Waals surface area contributed by atoms with Gasteiger partial charge >= 0.3 is 5.97 Å². The van der Waals surface area contributed by atoms with E-state index >= 15 is 0 Å². The molecule has 2 aromatic rings. The van der Waals surface area contributed by atoms with Gasteiger partial charge in [-0.2, -0.15) is 0 Å². The van der Waals surface area contributed by atoms with Gasteiger partial charge in [0.25, 0.3) is 0 Å². The molecule has 2 aromatic carbocycles. The van der Waals surface area contributed by atoms with E-state index < -0.39 is 5.97 Å². The molecule has 0 fully saturated rings. The average Bonchev–Trinajstić information content (AvgIpc) is 2.66. The standard InChI is InChI=1S/C23H28N2O4/c1-6-29-22(28)17-11-13-18(14-12-17)24-21(27)15-25(16(2)26)20-10-8-7-9-19(20)23(3,4)5/h7-14H,6,15H2,1-5H3,(H,24,27). The third-order valence-electron chi connectivity index (χ3n) is 4.36. The molecule has 0 heterocycles. The number of ether oxygens (including phenoxy) is 1. The summed E-state index contributed by atoms with van der Waals surface area (Å²) >= 11 is 0. The van der Waals surface area contributed by atoms with Crippen molar-refractivity contribution in [1.29, 1.82) is 0 Å². The van der Waals surface area contributed by atoms with Crippen LogP contribution in [0.15, 0.2) is 48.5 Å². The number of nitrogens with one attached hydrogen (secondary N) is 1. The number of para-hydroxylation sites is 1. The summed E-state index contributed by atoms with van der Waals surface area (Å²) in [6, 6.07) is 14.0. The van der Waals surface area contributed by atoms with Gasteiger partial charge in [0.2, 0.25) is 11.8 Å². The zero-order chi connectivity index (χ0) is 21.6. The second-order valence-electron chi connectivity index (χ2n) is 7.72. The van der Waals surface area contributed by atoms with E-state index in [4.69, 9.17) is 4.74 Å². The summed E-state index contributed by atoms with van der Waals surface area (Å²) in [7, 11) is 0. The van der Waals surface area contributed by atoms with Gasteiger partial charge in [-0.15, -0.1) is 0 Å². The van der Waals surface area contributed by atoms with Gasteiger partial charge in [-0.1, -0.05) is 39.0 Å². The van der Waals surface area contributed by atoms with Gasteiger partial charge in [0, 0.05) is 18.3 Å². The molecule has 2 amide bonds.